The lowest BCUT2D eigenvalue weighted by Gasteiger charge is -2.24. The van der Waals surface area contributed by atoms with E-state index < -0.39 is 17.7 Å². The molecule has 0 saturated heterocycles. The van der Waals surface area contributed by atoms with Crippen LogP contribution in [0.4, 0.5) is 20.4 Å². The first-order valence-corrected chi connectivity index (χ1v) is 14.2. The van der Waals surface area contributed by atoms with Gasteiger partial charge < -0.3 is 15.3 Å². The highest BCUT2D eigenvalue weighted by atomic mass is 19.1. The van der Waals surface area contributed by atoms with Gasteiger partial charge in [-0.05, 0) is 61.9 Å². The third-order valence-corrected chi connectivity index (χ3v) is 7.19. The molecule has 2 aromatic heterocycles. The molecule has 0 saturated carbocycles. The Labute approximate surface area is 239 Å². The van der Waals surface area contributed by atoms with Gasteiger partial charge >= 0.3 is 5.82 Å². The van der Waals surface area contributed by atoms with Crippen molar-refractivity contribution in [2.24, 2.45) is 0 Å². The number of carbonyl (C=O) groups excluding carboxylic acids is 1. The van der Waals surface area contributed by atoms with E-state index in [0.717, 1.165) is 79.6 Å². The molecule has 1 aliphatic rings. The minimum absolute atomic E-state index is 0.0648. The monoisotopic (exact) mass is 569 g/mol. The Morgan fingerprint density at radius 3 is 2.76 bits per heavy atom. The quantitative estimate of drug-likeness (QED) is 0.143. The number of carbonyl (C=O) groups is 1. The van der Waals surface area contributed by atoms with E-state index in [1.54, 1.807) is 6.92 Å². The van der Waals surface area contributed by atoms with Gasteiger partial charge in [-0.2, -0.15) is 0 Å². The fourth-order valence-electron chi connectivity index (χ4n) is 4.87. The zero-order valence-electron chi connectivity index (χ0n) is 23.7. The maximum Gasteiger partial charge on any atom is 0.333 e. The van der Waals surface area contributed by atoms with Crippen molar-refractivity contribution in [1.82, 2.24) is 14.9 Å². The Balaban J connectivity index is 1.33. The molecule has 0 spiro atoms. The molecular weight excluding hydrogens is 530 g/mol. The fraction of sp³-hybridized carbons (Fsp3) is 0.467. The molecule has 220 valence electrons. The molecule has 3 heterocycles. The predicted molar refractivity (Wildman–Crippen MR) is 151 cm³/mol. The maximum atomic E-state index is 13.6. The van der Waals surface area contributed by atoms with Gasteiger partial charge in [0.05, 0.1) is 6.20 Å². The number of anilines is 2. The molecule has 41 heavy (non-hydrogen) atoms. The number of aryl methyl sites for hydroxylation is 3. The van der Waals surface area contributed by atoms with E-state index in [-0.39, 0.29) is 18.1 Å². The van der Waals surface area contributed by atoms with E-state index >= 15 is 0 Å². The summed E-state index contributed by atoms with van der Waals surface area (Å²) in [7, 11) is 0. The van der Waals surface area contributed by atoms with Gasteiger partial charge in [-0.3, -0.25) is 20.0 Å². The molecule has 9 nitrogen and oxygen atoms in total. The number of Topliss-reactive ketones (excluding diaryl/α,β-unsaturated/α-hetero) is 1. The summed E-state index contributed by atoms with van der Waals surface area (Å²) in [5.74, 6) is 0.0228. The largest absolute Gasteiger partial charge is 0.492 e. The van der Waals surface area contributed by atoms with Crippen LogP contribution in [-0.4, -0.2) is 64.7 Å². The topological polar surface area (TPSA) is 103 Å². The number of rotatable bonds is 15. The zero-order valence-corrected chi connectivity index (χ0v) is 23.7. The number of pyridine rings is 1. The van der Waals surface area contributed by atoms with Crippen molar-refractivity contribution in [2.75, 3.05) is 43.4 Å². The number of hydrogen-bond donors (Lipinski definition) is 3. The minimum atomic E-state index is -0.690. The second-order valence-electron chi connectivity index (χ2n) is 10.4. The van der Waals surface area contributed by atoms with Gasteiger partial charge in [0, 0.05) is 56.9 Å². The third-order valence-electron chi connectivity index (χ3n) is 7.19. The van der Waals surface area contributed by atoms with Gasteiger partial charge in [-0.25, -0.2) is 13.8 Å². The van der Waals surface area contributed by atoms with Crippen molar-refractivity contribution >= 4 is 17.4 Å². The van der Waals surface area contributed by atoms with E-state index in [0.29, 0.717) is 31.0 Å². The van der Waals surface area contributed by atoms with Crippen molar-refractivity contribution in [2.45, 2.75) is 58.4 Å². The number of nitrogens with one attached hydrogen (secondary N) is 2. The summed E-state index contributed by atoms with van der Waals surface area (Å²) >= 11 is 0. The van der Waals surface area contributed by atoms with Crippen LogP contribution < -0.4 is 20.1 Å². The van der Waals surface area contributed by atoms with Crippen LogP contribution in [0.15, 0.2) is 42.7 Å². The number of halogens is 2. The zero-order chi connectivity index (χ0) is 29.2. The molecule has 0 aliphatic carbocycles. The van der Waals surface area contributed by atoms with Crippen molar-refractivity contribution < 1.29 is 28.2 Å². The van der Waals surface area contributed by atoms with Gasteiger partial charge in [0.15, 0.2) is 17.5 Å². The summed E-state index contributed by atoms with van der Waals surface area (Å²) in [6, 6.07) is 6.85. The number of hydrogen-bond acceptors (Lipinski definition) is 8. The molecule has 0 bridgehead atoms. The van der Waals surface area contributed by atoms with E-state index in [1.165, 1.54) is 24.9 Å². The van der Waals surface area contributed by atoms with Gasteiger partial charge in [0.1, 0.15) is 36.0 Å². The van der Waals surface area contributed by atoms with Gasteiger partial charge in [-0.15, -0.1) is 0 Å². The molecule has 0 unspecified atom stereocenters. The van der Waals surface area contributed by atoms with Crippen LogP contribution in [-0.2, 0) is 17.6 Å². The summed E-state index contributed by atoms with van der Waals surface area (Å²) < 4.78 is 33.7. The van der Waals surface area contributed by atoms with Crippen molar-refractivity contribution in [3.63, 3.8) is 0 Å². The van der Waals surface area contributed by atoms with Crippen LogP contribution in [0.3, 0.4) is 0 Å². The van der Waals surface area contributed by atoms with Crippen LogP contribution >= 0.6 is 0 Å². The fourth-order valence-corrected chi connectivity index (χ4v) is 4.87. The predicted octanol–water partition coefficient (Wildman–Crippen LogP) is 4.11. The Morgan fingerprint density at radius 1 is 1.17 bits per heavy atom. The molecule has 0 radical (unpaired) electrons. The van der Waals surface area contributed by atoms with Crippen LogP contribution in [0.5, 0.6) is 5.75 Å². The van der Waals surface area contributed by atoms with Gasteiger partial charge in [0.2, 0.25) is 0 Å². The van der Waals surface area contributed by atoms with Crippen LogP contribution in [0, 0.1) is 18.6 Å². The minimum Gasteiger partial charge on any atom is -0.492 e. The number of aromatic nitrogens is 3. The van der Waals surface area contributed by atoms with Crippen LogP contribution in [0.1, 0.15) is 49.6 Å². The van der Waals surface area contributed by atoms with E-state index in [4.69, 9.17) is 9.72 Å². The van der Waals surface area contributed by atoms with Crippen molar-refractivity contribution in [1.29, 1.82) is 0 Å². The van der Waals surface area contributed by atoms with Crippen molar-refractivity contribution in [3.8, 4) is 5.75 Å². The number of benzene rings is 1. The van der Waals surface area contributed by atoms with Crippen LogP contribution in [0.2, 0.25) is 0 Å². The first kappa shape index (κ1) is 30.1. The second-order valence-corrected chi connectivity index (χ2v) is 10.4. The molecule has 1 atom stereocenters. The summed E-state index contributed by atoms with van der Waals surface area (Å²) in [6.45, 7) is 6.24. The van der Waals surface area contributed by atoms with Crippen molar-refractivity contribution in [3.05, 3.63) is 71.3 Å². The third kappa shape index (κ3) is 9.07. The number of nitrogens with zero attached hydrogens (tertiary/aromatic N) is 4. The smallest absolute Gasteiger partial charge is 0.333 e. The summed E-state index contributed by atoms with van der Waals surface area (Å²) in [4.78, 5) is 23.5. The maximum absolute atomic E-state index is 13.6. The highest BCUT2D eigenvalue weighted by molar-refractivity contribution is 5.83. The summed E-state index contributed by atoms with van der Waals surface area (Å²) in [6.07, 6.45) is 8.36. The molecule has 3 N–H and O–H groups in total. The average molecular weight is 570 g/mol. The van der Waals surface area contributed by atoms with E-state index in [1.807, 2.05) is 0 Å². The Kier molecular flexibility index (Phi) is 10.8. The molecular formula is C30H39F2N6O3+. The number of ketones is 1. The number of unbranched alkanes of at least 4 members (excludes halogenated alkanes) is 1. The lowest BCUT2D eigenvalue weighted by Crippen LogP contribution is -2.42. The Bertz CT molecular complexity index is 1310. The molecule has 1 aliphatic heterocycles. The van der Waals surface area contributed by atoms with E-state index in [9.17, 15) is 18.8 Å². The SMILES string of the molecule is CC(=O)[C@H](CCN(CCCCc1ccc2c(n1)NCCC2)CCOc1cc(F)cc(F)c1)Nc1cncc(C)[n+]1O. The Hall–Kier alpha value is -3.86. The standard InChI is InChI=1S/C30H38F2N6O3/c1-21-19-33-20-29(38(21)40)36-28(22(2)39)10-13-37(14-15-41-27-17-24(31)16-25(32)18-27)12-4-3-7-26-9-8-23-6-5-11-34-30(23)35-26/h8-9,16-20,28,40H,3-7,10-15H2,1-2H3,(H,34,35)/p+1/t28-/m0/s1. The lowest BCUT2D eigenvalue weighted by molar-refractivity contribution is -0.898. The molecule has 11 heteroatoms. The molecule has 0 amide bonds. The Morgan fingerprint density at radius 2 is 1.98 bits per heavy atom. The number of fused-ring (bicyclic) bond motifs is 1. The molecule has 1 aromatic carbocycles. The van der Waals surface area contributed by atoms with Crippen LogP contribution in [0.25, 0.3) is 0 Å². The van der Waals surface area contributed by atoms with Gasteiger partial charge in [0.25, 0.3) is 0 Å². The highest BCUT2D eigenvalue weighted by Crippen LogP contribution is 2.20. The molecule has 0 fully saturated rings. The first-order valence-electron chi connectivity index (χ1n) is 14.2. The number of ether oxygens (including phenoxy) is 1. The van der Waals surface area contributed by atoms with E-state index in [2.05, 4.69) is 32.7 Å². The average Bonchev–Trinajstić information content (AvgIpc) is 2.94. The second kappa shape index (κ2) is 14.7. The molecule has 3 aromatic rings. The van der Waals surface area contributed by atoms with Gasteiger partial charge in [-0.1, -0.05) is 6.07 Å². The summed E-state index contributed by atoms with van der Waals surface area (Å²) in [5.41, 5.74) is 2.87. The first-order chi connectivity index (χ1) is 19.8. The lowest BCUT2D eigenvalue weighted by atomic mass is 10.1. The normalized spacial score (nSPS) is 13.4. The highest BCUT2D eigenvalue weighted by Gasteiger charge is 2.24. The summed E-state index contributed by atoms with van der Waals surface area (Å²) in [5, 5.41) is 16.8. The molecule has 4 rings (SSSR count).